The van der Waals surface area contributed by atoms with Gasteiger partial charge in [-0.05, 0) is 49.5 Å². The molecule has 6 unspecified atom stereocenters. The molecular formula is C23H27F3N4O. The minimum Gasteiger partial charge on any atom is -0.363 e. The number of alkyl halides is 3. The van der Waals surface area contributed by atoms with Crippen molar-refractivity contribution in [1.29, 1.82) is 0 Å². The molecule has 0 saturated heterocycles. The standard InChI is InChI=1S/C23H27F3N4O/c1-13(17-10-14-7-8-16(17)9-14)28-22(31)18-12-27-30-20(23(24,25)26)11-19(29-21(18)30)15-5-3-2-4-6-15/h2-6,12-14,16-17,19-20,29H,7-11H2,1H3,(H,28,31). The Bertz CT molecular complexity index is 957. The molecule has 6 atom stereocenters. The first kappa shape index (κ1) is 20.4. The van der Waals surface area contributed by atoms with Crippen LogP contribution in [0.3, 0.4) is 0 Å². The molecule has 2 fully saturated rings. The van der Waals surface area contributed by atoms with Crippen molar-refractivity contribution in [3.05, 3.63) is 47.7 Å². The molecule has 5 rings (SSSR count). The van der Waals surface area contributed by atoms with Gasteiger partial charge >= 0.3 is 6.18 Å². The summed E-state index contributed by atoms with van der Waals surface area (Å²) in [7, 11) is 0. The van der Waals surface area contributed by atoms with Gasteiger partial charge in [-0.1, -0.05) is 36.8 Å². The Morgan fingerprint density at radius 2 is 1.97 bits per heavy atom. The molecule has 1 aromatic carbocycles. The lowest BCUT2D eigenvalue weighted by Crippen LogP contribution is -2.41. The van der Waals surface area contributed by atoms with Crippen LogP contribution in [-0.4, -0.2) is 27.9 Å². The summed E-state index contributed by atoms with van der Waals surface area (Å²) >= 11 is 0. The van der Waals surface area contributed by atoms with Crippen LogP contribution in [0, 0.1) is 17.8 Å². The number of carbonyl (C=O) groups excluding carboxylic acids is 1. The lowest BCUT2D eigenvalue weighted by atomic mass is 9.84. The number of amides is 1. The van der Waals surface area contributed by atoms with Gasteiger partial charge < -0.3 is 10.6 Å². The normalized spacial score (nSPS) is 30.5. The van der Waals surface area contributed by atoms with E-state index >= 15 is 0 Å². The molecule has 2 heterocycles. The van der Waals surface area contributed by atoms with Crippen LogP contribution in [0.25, 0.3) is 0 Å². The smallest absolute Gasteiger partial charge is 0.363 e. The molecule has 8 heteroatoms. The van der Waals surface area contributed by atoms with Gasteiger partial charge in [0.2, 0.25) is 0 Å². The van der Waals surface area contributed by atoms with Gasteiger partial charge in [-0.25, -0.2) is 4.68 Å². The third kappa shape index (κ3) is 3.70. The van der Waals surface area contributed by atoms with Gasteiger partial charge in [-0.15, -0.1) is 0 Å². The molecule has 0 spiro atoms. The molecule has 1 amide bonds. The van der Waals surface area contributed by atoms with Gasteiger partial charge in [0.15, 0.2) is 6.04 Å². The Morgan fingerprint density at radius 1 is 1.19 bits per heavy atom. The van der Waals surface area contributed by atoms with Crippen LogP contribution in [0.4, 0.5) is 19.0 Å². The maximum absolute atomic E-state index is 13.8. The van der Waals surface area contributed by atoms with E-state index in [-0.39, 0.29) is 29.8 Å². The molecule has 1 aromatic heterocycles. The van der Waals surface area contributed by atoms with Gasteiger partial charge in [0.1, 0.15) is 11.4 Å². The predicted molar refractivity (Wildman–Crippen MR) is 111 cm³/mol. The van der Waals surface area contributed by atoms with Crippen molar-refractivity contribution in [3.63, 3.8) is 0 Å². The van der Waals surface area contributed by atoms with E-state index < -0.39 is 18.3 Å². The summed E-state index contributed by atoms with van der Waals surface area (Å²) < 4.78 is 42.4. The van der Waals surface area contributed by atoms with Gasteiger partial charge in [0.25, 0.3) is 5.91 Å². The zero-order valence-corrected chi connectivity index (χ0v) is 17.4. The highest BCUT2D eigenvalue weighted by atomic mass is 19.4. The lowest BCUT2D eigenvalue weighted by Gasteiger charge is -2.34. The molecule has 2 bridgehead atoms. The second-order valence-electron chi connectivity index (χ2n) is 9.35. The van der Waals surface area contributed by atoms with Crippen molar-refractivity contribution in [1.82, 2.24) is 15.1 Å². The number of rotatable bonds is 4. The molecule has 2 aromatic rings. The van der Waals surface area contributed by atoms with Gasteiger partial charge in [0, 0.05) is 12.5 Å². The van der Waals surface area contributed by atoms with Crippen LogP contribution in [-0.2, 0) is 0 Å². The molecule has 31 heavy (non-hydrogen) atoms. The maximum atomic E-state index is 13.8. The van der Waals surface area contributed by atoms with E-state index in [1.807, 2.05) is 13.0 Å². The Hall–Kier alpha value is -2.51. The molecule has 2 saturated carbocycles. The average Bonchev–Trinajstić information content (AvgIpc) is 3.48. The summed E-state index contributed by atoms with van der Waals surface area (Å²) in [5.41, 5.74) is 0.927. The second kappa shape index (κ2) is 7.57. The van der Waals surface area contributed by atoms with Crippen LogP contribution < -0.4 is 10.6 Å². The molecule has 166 valence electrons. The maximum Gasteiger partial charge on any atom is 0.410 e. The summed E-state index contributed by atoms with van der Waals surface area (Å²) in [6.07, 6.45) is 1.49. The fourth-order valence-electron chi connectivity index (χ4n) is 5.93. The highest BCUT2D eigenvalue weighted by Crippen LogP contribution is 2.49. The SMILES string of the molecule is CC(NC(=O)c1cnn2c1NC(c1ccccc1)CC2C(F)(F)F)C1CC2CCC1C2. The monoisotopic (exact) mass is 432 g/mol. The summed E-state index contributed by atoms with van der Waals surface area (Å²) in [4.78, 5) is 13.1. The van der Waals surface area contributed by atoms with E-state index in [9.17, 15) is 18.0 Å². The molecular weight excluding hydrogens is 405 g/mol. The highest BCUT2D eigenvalue weighted by Gasteiger charge is 2.47. The van der Waals surface area contributed by atoms with E-state index in [1.165, 1.54) is 25.5 Å². The van der Waals surface area contributed by atoms with Crippen molar-refractivity contribution in [2.45, 2.75) is 63.3 Å². The second-order valence-corrected chi connectivity index (χ2v) is 9.35. The first-order valence-corrected chi connectivity index (χ1v) is 11.1. The van der Waals surface area contributed by atoms with Crippen molar-refractivity contribution >= 4 is 11.7 Å². The van der Waals surface area contributed by atoms with E-state index in [0.29, 0.717) is 11.8 Å². The number of fused-ring (bicyclic) bond motifs is 3. The topological polar surface area (TPSA) is 59.0 Å². The number of nitrogens with one attached hydrogen (secondary N) is 2. The van der Waals surface area contributed by atoms with Crippen LogP contribution in [0.15, 0.2) is 36.5 Å². The Morgan fingerprint density at radius 3 is 2.61 bits per heavy atom. The Labute approximate surface area is 179 Å². The quantitative estimate of drug-likeness (QED) is 0.707. The van der Waals surface area contributed by atoms with Crippen molar-refractivity contribution in [3.8, 4) is 0 Å². The summed E-state index contributed by atoms with van der Waals surface area (Å²) in [6, 6.07) is 6.69. The summed E-state index contributed by atoms with van der Waals surface area (Å²) in [5, 5.41) is 10.2. The van der Waals surface area contributed by atoms with Crippen LogP contribution in [0.1, 0.15) is 67.0 Å². The number of halogens is 3. The van der Waals surface area contributed by atoms with Crippen LogP contribution in [0.5, 0.6) is 0 Å². The molecule has 2 aliphatic carbocycles. The first-order valence-electron chi connectivity index (χ1n) is 11.1. The zero-order chi connectivity index (χ0) is 21.8. The van der Waals surface area contributed by atoms with Gasteiger partial charge in [-0.2, -0.15) is 18.3 Å². The summed E-state index contributed by atoms with van der Waals surface area (Å²) in [5.74, 6) is 1.64. The summed E-state index contributed by atoms with van der Waals surface area (Å²) in [6.45, 7) is 2.01. The number of hydrogen-bond donors (Lipinski definition) is 2. The number of aromatic nitrogens is 2. The predicted octanol–water partition coefficient (Wildman–Crippen LogP) is 5.10. The number of benzene rings is 1. The molecule has 3 aliphatic rings. The Balaban J connectivity index is 1.40. The first-order chi connectivity index (χ1) is 14.8. The van der Waals surface area contributed by atoms with Gasteiger partial charge in [-0.3, -0.25) is 4.79 Å². The van der Waals surface area contributed by atoms with E-state index in [1.54, 1.807) is 24.3 Å². The molecule has 2 N–H and O–H groups in total. The minimum atomic E-state index is -4.46. The van der Waals surface area contributed by atoms with Crippen molar-refractivity contribution in [2.75, 3.05) is 5.32 Å². The number of carbonyl (C=O) groups is 1. The lowest BCUT2D eigenvalue weighted by molar-refractivity contribution is -0.173. The van der Waals surface area contributed by atoms with Crippen LogP contribution >= 0.6 is 0 Å². The van der Waals surface area contributed by atoms with Crippen molar-refractivity contribution < 1.29 is 18.0 Å². The largest absolute Gasteiger partial charge is 0.410 e. The van der Waals surface area contributed by atoms with Crippen molar-refractivity contribution in [2.24, 2.45) is 17.8 Å². The van der Waals surface area contributed by atoms with E-state index in [4.69, 9.17) is 0 Å². The van der Waals surface area contributed by atoms with E-state index in [2.05, 4.69) is 15.7 Å². The van der Waals surface area contributed by atoms with E-state index in [0.717, 1.165) is 22.6 Å². The Kier molecular flexibility index (Phi) is 4.98. The zero-order valence-electron chi connectivity index (χ0n) is 17.4. The number of anilines is 1. The number of hydrogen-bond acceptors (Lipinski definition) is 3. The fraction of sp³-hybridized carbons (Fsp3) is 0.565. The molecule has 1 aliphatic heterocycles. The van der Waals surface area contributed by atoms with Crippen LogP contribution in [0.2, 0.25) is 0 Å². The van der Waals surface area contributed by atoms with Gasteiger partial charge in [0.05, 0.1) is 12.2 Å². The third-order valence-corrected chi connectivity index (χ3v) is 7.48. The highest BCUT2D eigenvalue weighted by molar-refractivity contribution is 5.99. The molecule has 5 nitrogen and oxygen atoms in total. The number of nitrogens with zero attached hydrogens (tertiary/aromatic N) is 2. The fourth-order valence-corrected chi connectivity index (χ4v) is 5.93. The third-order valence-electron chi connectivity index (χ3n) is 7.48. The molecule has 0 radical (unpaired) electrons. The minimum absolute atomic E-state index is 0.00901. The average molecular weight is 432 g/mol.